The van der Waals surface area contributed by atoms with Gasteiger partial charge in [-0.2, -0.15) is 0 Å². The summed E-state index contributed by atoms with van der Waals surface area (Å²) in [7, 11) is 2.83. The molecule has 18 heavy (non-hydrogen) atoms. The maximum Gasteiger partial charge on any atom is 0.418 e. The Kier molecular flexibility index (Phi) is 5.79. The number of anilines is 1. The number of nitrogens with zero attached hydrogens (tertiary/aromatic N) is 1. The van der Waals surface area contributed by atoms with Gasteiger partial charge in [-0.3, -0.25) is 5.32 Å². The molecule has 0 aliphatic carbocycles. The topological polar surface area (TPSA) is 69.2 Å². The third kappa shape index (κ3) is 4.14. The van der Waals surface area contributed by atoms with E-state index < -0.39 is 6.09 Å². The van der Waals surface area contributed by atoms with Crippen LogP contribution in [0.3, 0.4) is 0 Å². The Bertz CT molecular complexity index is 437. The van der Waals surface area contributed by atoms with Crippen LogP contribution in [0.5, 0.6) is 5.75 Å². The lowest BCUT2D eigenvalue weighted by Crippen LogP contribution is -2.20. The number of oxime groups is 1. The minimum Gasteiger partial charge on any atom is -0.495 e. The molecule has 0 bridgehead atoms. The molecule has 0 spiro atoms. The summed E-state index contributed by atoms with van der Waals surface area (Å²) in [6.07, 6.45) is -0.726. The van der Waals surface area contributed by atoms with Crippen molar-refractivity contribution in [3.63, 3.8) is 0 Å². The lowest BCUT2D eigenvalue weighted by atomic mass is 10.3. The average Bonchev–Trinajstić information content (AvgIpc) is 2.38. The summed E-state index contributed by atoms with van der Waals surface area (Å²) in [4.78, 5) is 16.0. The van der Waals surface area contributed by atoms with Crippen LogP contribution >= 0.6 is 11.6 Å². The van der Waals surface area contributed by atoms with Crippen molar-refractivity contribution in [2.24, 2.45) is 5.16 Å². The van der Waals surface area contributed by atoms with Crippen LogP contribution in [0.4, 0.5) is 10.5 Å². The molecule has 1 aromatic rings. The number of carbonyl (C=O) groups excluding carboxylic acids is 1. The van der Waals surface area contributed by atoms with Crippen LogP contribution in [0.2, 0.25) is 0 Å². The highest BCUT2D eigenvalue weighted by Gasteiger charge is 2.11. The predicted molar refractivity (Wildman–Crippen MR) is 68.3 cm³/mol. The fraction of sp³-hybridized carbons (Fsp3) is 0.273. The number of alkyl halides is 1. The quantitative estimate of drug-likeness (QED) is 0.396. The van der Waals surface area contributed by atoms with Crippen molar-refractivity contribution in [2.45, 2.75) is 0 Å². The van der Waals surface area contributed by atoms with E-state index in [0.29, 0.717) is 11.4 Å². The smallest absolute Gasteiger partial charge is 0.418 e. The van der Waals surface area contributed by atoms with Gasteiger partial charge in [0.15, 0.2) is 0 Å². The molecule has 0 aliphatic rings. The van der Waals surface area contributed by atoms with E-state index in [-0.39, 0.29) is 11.8 Å². The number of hydrogen-bond acceptors (Lipinski definition) is 5. The van der Waals surface area contributed by atoms with E-state index in [9.17, 15) is 4.79 Å². The van der Waals surface area contributed by atoms with Crippen molar-refractivity contribution in [1.29, 1.82) is 0 Å². The van der Waals surface area contributed by atoms with E-state index in [1.165, 1.54) is 14.2 Å². The number of amides is 1. The first-order valence-corrected chi connectivity index (χ1v) is 5.52. The van der Waals surface area contributed by atoms with Crippen molar-refractivity contribution in [3.05, 3.63) is 24.3 Å². The van der Waals surface area contributed by atoms with E-state index in [2.05, 4.69) is 15.3 Å². The van der Waals surface area contributed by atoms with Crippen LogP contribution in [0.25, 0.3) is 0 Å². The molecule has 0 saturated carbocycles. The van der Waals surface area contributed by atoms with E-state index in [1.807, 2.05) is 0 Å². The number of carbonyl (C=O) groups is 1. The van der Waals surface area contributed by atoms with E-state index in [4.69, 9.17) is 21.1 Å². The van der Waals surface area contributed by atoms with Crippen LogP contribution in [0, 0.1) is 0 Å². The molecule has 0 aliphatic heterocycles. The summed E-state index contributed by atoms with van der Waals surface area (Å²) >= 11 is 5.51. The monoisotopic (exact) mass is 272 g/mol. The molecule has 0 heterocycles. The molecule has 0 saturated heterocycles. The zero-order valence-electron chi connectivity index (χ0n) is 9.97. The second-order valence-electron chi connectivity index (χ2n) is 3.02. The van der Waals surface area contributed by atoms with Gasteiger partial charge in [0.2, 0.25) is 0 Å². The third-order valence-electron chi connectivity index (χ3n) is 1.86. The van der Waals surface area contributed by atoms with Crippen LogP contribution in [0.1, 0.15) is 0 Å². The summed E-state index contributed by atoms with van der Waals surface area (Å²) in [6.45, 7) is 0. The number of nitrogens with one attached hydrogen (secondary N) is 1. The maximum absolute atomic E-state index is 11.5. The number of halogens is 1. The largest absolute Gasteiger partial charge is 0.495 e. The first-order chi connectivity index (χ1) is 8.71. The predicted octanol–water partition coefficient (Wildman–Crippen LogP) is 2.44. The Morgan fingerprint density at radius 3 is 2.72 bits per heavy atom. The summed E-state index contributed by atoms with van der Waals surface area (Å²) in [6, 6.07) is 6.92. The molecule has 1 rings (SSSR count). The van der Waals surface area contributed by atoms with Gasteiger partial charge in [0.25, 0.3) is 5.90 Å². The molecule has 0 radical (unpaired) electrons. The fourth-order valence-corrected chi connectivity index (χ4v) is 1.27. The molecule has 98 valence electrons. The number of benzene rings is 1. The lowest BCUT2D eigenvalue weighted by Gasteiger charge is -2.09. The molecular weight excluding hydrogens is 260 g/mol. The van der Waals surface area contributed by atoms with Crippen molar-refractivity contribution >= 4 is 29.3 Å². The Hall–Kier alpha value is -1.95. The molecule has 1 aromatic carbocycles. The van der Waals surface area contributed by atoms with E-state index in [0.717, 1.165) is 0 Å². The number of methoxy groups -OCH3 is 1. The highest BCUT2D eigenvalue weighted by molar-refractivity contribution is 6.28. The van der Waals surface area contributed by atoms with Gasteiger partial charge in [-0.1, -0.05) is 17.3 Å². The van der Waals surface area contributed by atoms with Crippen LogP contribution in [-0.2, 0) is 9.57 Å². The maximum atomic E-state index is 11.5. The zero-order valence-corrected chi connectivity index (χ0v) is 10.7. The molecule has 0 fully saturated rings. The molecular formula is C11H13ClN2O4. The minimum atomic E-state index is -0.726. The van der Waals surface area contributed by atoms with Crippen LogP contribution in [0.15, 0.2) is 29.4 Å². The van der Waals surface area contributed by atoms with Gasteiger partial charge in [0.1, 0.15) is 18.7 Å². The lowest BCUT2D eigenvalue weighted by molar-refractivity contribution is 0.187. The zero-order chi connectivity index (χ0) is 13.4. The highest BCUT2D eigenvalue weighted by atomic mass is 35.5. The normalized spacial score (nSPS) is 10.7. The second-order valence-corrected chi connectivity index (χ2v) is 3.28. The first-order valence-electron chi connectivity index (χ1n) is 4.99. The summed E-state index contributed by atoms with van der Waals surface area (Å²) < 4.78 is 9.90. The van der Waals surface area contributed by atoms with Crippen molar-refractivity contribution in [2.75, 3.05) is 25.4 Å². The molecule has 0 aromatic heterocycles. The van der Waals surface area contributed by atoms with Crippen LogP contribution in [-0.4, -0.2) is 32.1 Å². The molecule has 0 unspecified atom stereocenters. The Labute approximate surface area is 109 Å². The van der Waals surface area contributed by atoms with Gasteiger partial charge in [-0.15, -0.1) is 11.6 Å². The fourth-order valence-electron chi connectivity index (χ4n) is 1.16. The Morgan fingerprint density at radius 1 is 1.39 bits per heavy atom. The van der Waals surface area contributed by atoms with Crippen LogP contribution < -0.4 is 10.1 Å². The summed E-state index contributed by atoms with van der Waals surface area (Å²) in [5.41, 5.74) is 0.483. The molecule has 0 atom stereocenters. The van der Waals surface area contributed by atoms with Crippen molar-refractivity contribution < 1.29 is 19.1 Å². The number of ether oxygens (including phenoxy) is 2. The van der Waals surface area contributed by atoms with Gasteiger partial charge >= 0.3 is 6.09 Å². The van der Waals surface area contributed by atoms with Gasteiger partial charge in [-0.25, -0.2) is 4.79 Å². The Morgan fingerprint density at radius 2 is 2.11 bits per heavy atom. The van der Waals surface area contributed by atoms with E-state index >= 15 is 0 Å². The minimum absolute atomic E-state index is 0.0356. The molecule has 1 amide bonds. The van der Waals surface area contributed by atoms with Gasteiger partial charge in [0.05, 0.1) is 12.8 Å². The SMILES string of the molecule is CO/N=C(\CCl)OC(=O)Nc1ccccc1OC. The number of hydrogen-bond donors (Lipinski definition) is 1. The van der Waals surface area contributed by atoms with Crippen molar-refractivity contribution in [1.82, 2.24) is 0 Å². The average molecular weight is 273 g/mol. The standard InChI is InChI=1S/C11H13ClN2O4/c1-16-9-6-4-3-5-8(9)13-11(15)18-10(7-12)14-17-2/h3-6H,7H2,1-2H3,(H,13,15)/b14-10+. The van der Waals surface area contributed by atoms with Gasteiger partial charge in [0, 0.05) is 0 Å². The first kappa shape index (κ1) is 14.1. The number of para-hydroxylation sites is 2. The number of rotatable bonds is 4. The third-order valence-corrected chi connectivity index (χ3v) is 2.09. The Balaban J connectivity index is 2.67. The second kappa shape index (κ2) is 7.39. The molecule has 1 N–H and O–H groups in total. The highest BCUT2D eigenvalue weighted by Crippen LogP contribution is 2.22. The van der Waals surface area contributed by atoms with Gasteiger partial charge in [-0.05, 0) is 12.1 Å². The molecule has 7 heteroatoms. The van der Waals surface area contributed by atoms with Crippen molar-refractivity contribution in [3.8, 4) is 5.75 Å². The van der Waals surface area contributed by atoms with Gasteiger partial charge < -0.3 is 14.3 Å². The van der Waals surface area contributed by atoms with E-state index in [1.54, 1.807) is 24.3 Å². The summed E-state index contributed by atoms with van der Waals surface area (Å²) in [5.74, 6) is 0.407. The molecule has 6 nitrogen and oxygen atoms in total. The summed E-state index contributed by atoms with van der Waals surface area (Å²) in [5, 5.41) is 5.94.